The van der Waals surface area contributed by atoms with Crippen molar-refractivity contribution in [2.75, 3.05) is 0 Å². The Bertz CT molecular complexity index is 302. The molecule has 2 nitrogen and oxygen atoms in total. The highest BCUT2D eigenvalue weighted by molar-refractivity contribution is 4.91. The van der Waals surface area contributed by atoms with Gasteiger partial charge < -0.3 is 0 Å². The molecule has 0 N–H and O–H groups in total. The molecule has 0 aliphatic rings. The summed E-state index contributed by atoms with van der Waals surface area (Å²) in [5.74, 6) is 2.13. The van der Waals surface area contributed by atoms with Gasteiger partial charge in [-0.05, 0) is 19.3 Å². The van der Waals surface area contributed by atoms with E-state index in [-0.39, 0.29) is 0 Å². The van der Waals surface area contributed by atoms with Crippen molar-refractivity contribution in [3.8, 4) is 0 Å². The zero-order chi connectivity index (χ0) is 12.0. The molecule has 16 heavy (non-hydrogen) atoms. The molecule has 0 bridgehead atoms. The van der Waals surface area contributed by atoms with Gasteiger partial charge in [-0.2, -0.15) is 0 Å². The summed E-state index contributed by atoms with van der Waals surface area (Å²) in [6, 6.07) is 0. The van der Waals surface area contributed by atoms with Gasteiger partial charge in [0.25, 0.3) is 5.82 Å². The van der Waals surface area contributed by atoms with Crippen LogP contribution in [-0.4, -0.2) is 4.57 Å². The molecule has 1 aromatic rings. The third-order valence-corrected chi connectivity index (χ3v) is 3.43. The topological polar surface area (TPSA) is 8.81 Å². The van der Waals surface area contributed by atoms with Crippen molar-refractivity contribution in [3.63, 3.8) is 0 Å². The maximum absolute atomic E-state index is 2.43. The first-order valence-electron chi connectivity index (χ1n) is 6.75. The minimum absolute atomic E-state index is 0.658. The van der Waals surface area contributed by atoms with Gasteiger partial charge in [-0.1, -0.05) is 33.6 Å². The lowest BCUT2D eigenvalue weighted by Crippen LogP contribution is -2.33. The lowest BCUT2D eigenvalue weighted by atomic mass is 10.1. The van der Waals surface area contributed by atoms with Crippen LogP contribution in [0.5, 0.6) is 0 Å². The van der Waals surface area contributed by atoms with E-state index in [0.717, 1.165) is 0 Å². The summed E-state index contributed by atoms with van der Waals surface area (Å²) in [5.41, 5.74) is 0. The molecule has 0 fully saturated rings. The Morgan fingerprint density at radius 3 is 2.62 bits per heavy atom. The summed E-state index contributed by atoms with van der Waals surface area (Å²) in [5, 5.41) is 0. The zero-order valence-corrected chi connectivity index (χ0v) is 11.4. The Balaban J connectivity index is 2.58. The molecule has 0 radical (unpaired) electrons. The lowest BCUT2D eigenvalue weighted by molar-refractivity contribution is -0.680. The standard InChI is InChI=1S/C14H27N2/c1-5-7-8-9-10-16-12-11-15(4)14(16)13(3)6-2/h11-13H,5-10H2,1-4H3/q+1. The van der Waals surface area contributed by atoms with Crippen LogP contribution in [-0.2, 0) is 13.6 Å². The summed E-state index contributed by atoms with van der Waals surface area (Å²) in [6.45, 7) is 8.03. The van der Waals surface area contributed by atoms with Crippen molar-refractivity contribution < 1.29 is 4.57 Å². The van der Waals surface area contributed by atoms with Gasteiger partial charge in [0.2, 0.25) is 0 Å². The van der Waals surface area contributed by atoms with Crippen LogP contribution in [0.25, 0.3) is 0 Å². The number of hydrogen-bond donors (Lipinski definition) is 0. The van der Waals surface area contributed by atoms with Crippen LogP contribution in [0.3, 0.4) is 0 Å². The summed E-state index contributed by atoms with van der Waals surface area (Å²) in [7, 11) is 2.16. The fraction of sp³-hybridized carbons (Fsp3) is 0.786. The highest BCUT2D eigenvalue weighted by Crippen LogP contribution is 2.15. The Kier molecular flexibility index (Phi) is 5.58. The van der Waals surface area contributed by atoms with E-state index < -0.39 is 0 Å². The number of imidazole rings is 1. The van der Waals surface area contributed by atoms with Crippen LogP contribution in [0.2, 0.25) is 0 Å². The van der Waals surface area contributed by atoms with Crippen molar-refractivity contribution in [2.24, 2.45) is 7.05 Å². The quantitative estimate of drug-likeness (QED) is 0.495. The second kappa shape index (κ2) is 6.72. The minimum atomic E-state index is 0.658. The molecular weight excluding hydrogens is 196 g/mol. The van der Waals surface area contributed by atoms with Crippen LogP contribution >= 0.6 is 0 Å². The first-order valence-corrected chi connectivity index (χ1v) is 6.75. The van der Waals surface area contributed by atoms with E-state index >= 15 is 0 Å². The van der Waals surface area contributed by atoms with Gasteiger partial charge in [0.1, 0.15) is 12.4 Å². The van der Waals surface area contributed by atoms with E-state index in [0.29, 0.717) is 5.92 Å². The monoisotopic (exact) mass is 223 g/mol. The summed E-state index contributed by atoms with van der Waals surface area (Å²) < 4.78 is 4.71. The highest BCUT2D eigenvalue weighted by atomic mass is 15.1. The molecule has 0 saturated heterocycles. The minimum Gasteiger partial charge on any atom is -0.237 e. The van der Waals surface area contributed by atoms with Crippen molar-refractivity contribution in [3.05, 3.63) is 18.2 Å². The van der Waals surface area contributed by atoms with Crippen LogP contribution in [0.1, 0.15) is 64.6 Å². The molecule has 0 aliphatic carbocycles. The number of unbranched alkanes of at least 4 members (excludes halogenated alkanes) is 3. The van der Waals surface area contributed by atoms with Gasteiger partial charge >= 0.3 is 0 Å². The van der Waals surface area contributed by atoms with Gasteiger partial charge in [-0.3, -0.25) is 0 Å². The maximum Gasteiger partial charge on any atom is 0.259 e. The largest absolute Gasteiger partial charge is 0.259 e. The highest BCUT2D eigenvalue weighted by Gasteiger charge is 2.19. The van der Waals surface area contributed by atoms with Crippen LogP contribution in [0.15, 0.2) is 12.4 Å². The molecule has 1 rings (SSSR count). The number of aryl methyl sites for hydroxylation is 2. The average Bonchev–Trinajstić information content (AvgIpc) is 2.65. The fourth-order valence-corrected chi connectivity index (χ4v) is 2.25. The second-order valence-corrected chi connectivity index (χ2v) is 4.83. The Hall–Kier alpha value is -0.790. The summed E-state index contributed by atoms with van der Waals surface area (Å²) >= 11 is 0. The van der Waals surface area contributed by atoms with E-state index in [2.05, 4.69) is 49.3 Å². The molecule has 0 saturated carbocycles. The zero-order valence-electron chi connectivity index (χ0n) is 11.4. The van der Waals surface area contributed by atoms with E-state index in [4.69, 9.17) is 0 Å². The molecular formula is C14H27N2+. The maximum atomic E-state index is 2.43. The smallest absolute Gasteiger partial charge is 0.237 e. The normalized spacial score (nSPS) is 13.0. The third-order valence-electron chi connectivity index (χ3n) is 3.43. The third kappa shape index (κ3) is 3.36. The number of nitrogens with zero attached hydrogens (tertiary/aromatic N) is 2. The van der Waals surface area contributed by atoms with Crippen molar-refractivity contribution >= 4 is 0 Å². The molecule has 92 valence electrons. The van der Waals surface area contributed by atoms with Gasteiger partial charge in [0, 0.05) is 0 Å². The van der Waals surface area contributed by atoms with Gasteiger partial charge in [0.15, 0.2) is 0 Å². The van der Waals surface area contributed by atoms with Gasteiger partial charge in [-0.15, -0.1) is 0 Å². The van der Waals surface area contributed by atoms with Crippen LogP contribution < -0.4 is 4.57 Å². The fourth-order valence-electron chi connectivity index (χ4n) is 2.25. The molecule has 2 heteroatoms. The number of rotatable bonds is 7. The van der Waals surface area contributed by atoms with Gasteiger partial charge in [0.05, 0.1) is 19.5 Å². The Morgan fingerprint density at radius 2 is 2.00 bits per heavy atom. The van der Waals surface area contributed by atoms with Crippen molar-refractivity contribution in [1.29, 1.82) is 0 Å². The van der Waals surface area contributed by atoms with E-state index in [1.165, 1.54) is 44.5 Å². The molecule has 0 amide bonds. The first-order chi connectivity index (χ1) is 7.70. The predicted molar refractivity (Wildman–Crippen MR) is 68.5 cm³/mol. The van der Waals surface area contributed by atoms with E-state index in [1.54, 1.807) is 0 Å². The molecule has 0 spiro atoms. The first kappa shape index (κ1) is 13.3. The number of hydrogen-bond acceptors (Lipinski definition) is 0. The van der Waals surface area contributed by atoms with Crippen molar-refractivity contribution in [2.45, 2.75) is 65.3 Å². The molecule has 0 aliphatic heterocycles. The van der Waals surface area contributed by atoms with Crippen LogP contribution in [0.4, 0.5) is 0 Å². The molecule has 1 heterocycles. The van der Waals surface area contributed by atoms with Gasteiger partial charge in [-0.25, -0.2) is 9.13 Å². The van der Waals surface area contributed by atoms with E-state index in [9.17, 15) is 0 Å². The Labute approximate surface area is 100 Å². The average molecular weight is 223 g/mol. The molecule has 1 aromatic heterocycles. The molecule has 1 atom stereocenters. The molecule has 0 aromatic carbocycles. The van der Waals surface area contributed by atoms with Crippen molar-refractivity contribution in [1.82, 2.24) is 4.57 Å². The summed E-state index contributed by atoms with van der Waals surface area (Å²) in [4.78, 5) is 0. The predicted octanol–water partition coefficient (Wildman–Crippen LogP) is 3.41. The Morgan fingerprint density at radius 1 is 1.25 bits per heavy atom. The second-order valence-electron chi connectivity index (χ2n) is 4.83. The SMILES string of the molecule is CCCCCCn1cc[n+](C)c1C(C)CC. The van der Waals surface area contributed by atoms with E-state index in [1.807, 2.05) is 0 Å². The number of aromatic nitrogens is 2. The molecule has 1 unspecified atom stereocenters. The summed E-state index contributed by atoms with van der Waals surface area (Å²) in [6.07, 6.45) is 11.0. The lowest BCUT2D eigenvalue weighted by Gasteiger charge is -2.07. The van der Waals surface area contributed by atoms with Crippen LogP contribution in [0, 0.1) is 0 Å².